The van der Waals surface area contributed by atoms with Crippen LogP contribution in [0, 0.1) is 5.92 Å². The van der Waals surface area contributed by atoms with Crippen LogP contribution in [0.5, 0.6) is 0 Å². The molecule has 0 radical (unpaired) electrons. The molecule has 0 bridgehead atoms. The van der Waals surface area contributed by atoms with E-state index in [-0.39, 0.29) is 11.8 Å². The zero-order valence-corrected chi connectivity index (χ0v) is 8.90. The van der Waals surface area contributed by atoms with Crippen molar-refractivity contribution in [3.05, 3.63) is 29.3 Å². The summed E-state index contributed by atoms with van der Waals surface area (Å²) in [6.45, 7) is 0. The number of hydrogen-bond donors (Lipinski definition) is 2. The molecule has 0 fully saturated rings. The Hall–Kier alpha value is -1.84. The number of nitrogens with one attached hydrogen (secondary N) is 1. The minimum Gasteiger partial charge on any atom is -0.369 e. The molecule has 16 heavy (non-hydrogen) atoms. The summed E-state index contributed by atoms with van der Waals surface area (Å²) in [6.07, 6.45) is 3.02. The van der Waals surface area contributed by atoms with Crippen molar-refractivity contribution in [1.82, 2.24) is 0 Å². The van der Waals surface area contributed by atoms with Crippen LogP contribution in [0.15, 0.2) is 18.2 Å². The monoisotopic (exact) mass is 218 g/mol. The quantitative estimate of drug-likeness (QED) is 0.738. The first-order chi connectivity index (χ1) is 7.70. The van der Waals surface area contributed by atoms with Gasteiger partial charge in [-0.2, -0.15) is 0 Å². The molecule has 3 N–H and O–H groups in total. The lowest BCUT2D eigenvalue weighted by Crippen LogP contribution is -2.28. The molecule has 0 aliphatic heterocycles. The maximum absolute atomic E-state index is 11.1. The zero-order chi connectivity index (χ0) is 11.5. The largest absolute Gasteiger partial charge is 0.369 e. The van der Waals surface area contributed by atoms with Gasteiger partial charge in [0, 0.05) is 11.6 Å². The molecule has 1 unspecified atom stereocenters. The molecule has 0 saturated carbocycles. The van der Waals surface area contributed by atoms with Gasteiger partial charge in [0.05, 0.1) is 0 Å². The van der Waals surface area contributed by atoms with Crippen LogP contribution in [0.4, 0.5) is 5.69 Å². The second-order valence-corrected chi connectivity index (χ2v) is 4.09. The van der Waals surface area contributed by atoms with E-state index in [1.807, 2.05) is 18.2 Å². The Morgan fingerprint density at radius 2 is 2.25 bits per heavy atom. The fourth-order valence-electron chi connectivity index (χ4n) is 2.16. The van der Waals surface area contributed by atoms with E-state index in [2.05, 4.69) is 5.32 Å². The number of anilines is 1. The number of carbonyl (C=O) groups is 2. The number of nitrogens with two attached hydrogens (primary N) is 1. The summed E-state index contributed by atoms with van der Waals surface area (Å²) in [4.78, 5) is 21.4. The summed E-state index contributed by atoms with van der Waals surface area (Å²) in [5, 5.41) is 2.62. The van der Waals surface area contributed by atoms with Crippen LogP contribution < -0.4 is 11.1 Å². The summed E-state index contributed by atoms with van der Waals surface area (Å²) in [6, 6.07) is 5.76. The van der Waals surface area contributed by atoms with Crippen molar-refractivity contribution in [1.29, 1.82) is 0 Å². The molecule has 1 aliphatic carbocycles. The maximum atomic E-state index is 11.1. The minimum atomic E-state index is -0.222. The molecule has 4 heteroatoms. The second-order valence-electron chi connectivity index (χ2n) is 4.09. The van der Waals surface area contributed by atoms with Crippen molar-refractivity contribution in [3.63, 3.8) is 0 Å². The van der Waals surface area contributed by atoms with E-state index < -0.39 is 0 Å². The molecule has 2 amide bonds. The van der Waals surface area contributed by atoms with Gasteiger partial charge in [-0.3, -0.25) is 9.59 Å². The third-order valence-corrected chi connectivity index (χ3v) is 3.06. The van der Waals surface area contributed by atoms with Crippen LogP contribution in [0.2, 0.25) is 0 Å². The minimum absolute atomic E-state index is 0.0441. The molecule has 1 atom stereocenters. The fourth-order valence-corrected chi connectivity index (χ4v) is 2.16. The number of benzene rings is 1. The third kappa shape index (κ3) is 2.05. The van der Waals surface area contributed by atoms with E-state index >= 15 is 0 Å². The first-order valence-electron chi connectivity index (χ1n) is 5.32. The molecule has 0 aromatic heterocycles. The van der Waals surface area contributed by atoms with Gasteiger partial charge >= 0.3 is 0 Å². The van der Waals surface area contributed by atoms with Crippen molar-refractivity contribution in [2.45, 2.75) is 19.3 Å². The number of amides is 2. The summed E-state index contributed by atoms with van der Waals surface area (Å²) in [5.74, 6) is -0.266. The molecule has 84 valence electrons. The van der Waals surface area contributed by atoms with Gasteiger partial charge in [0.2, 0.25) is 12.3 Å². The molecule has 0 saturated heterocycles. The van der Waals surface area contributed by atoms with E-state index in [4.69, 9.17) is 5.73 Å². The van der Waals surface area contributed by atoms with Gasteiger partial charge in [0.15, 0.2) is 0 Å². The second kappa shape index (κ2) is 4.35. The lowest BCUT2D eigenvalue weighted by Gasteiger charge is -2.22. The third-order valence-electron chi connectivity index (χ3n) is 3.06. The number of primary amides is 1. The molecule has 0 spiro atoms. The van der Waals surface area contributed by atoms with Crippen LogP contribution >= 0.6 is 0 Å². The van der Waals surface area contributed by atoms with E-state index in [0.717, 1.165) is 24.1 Å². The van der Waals surface area contributed by atoms with Gasteiger partial charge in [-0.25, -0.2) is 0 Å². The average molecular weight is 218 g/mol. The molecule has 0 heterocycles. The molecule has 1 aromatic carbocycles. The van der Waals surface area contributed by atoms with E-state index in [1.54, 1.807) is 0 Å². The molecule has 1 aromatic rings. The predicted octanol–water partition coefficient (Wildman–Crippen LogP) is 0.845. The highest BCUT2D eigenvalue weighted by Crippen LogP contribution is 2.27. The Balaban J connectivity index is 2.21. The number of rotatable bonds is 3. The van der Waals surface area contributed by atoms with Crippen molar-refractivity contribution in [2.75, 3.05) is 5.32 Å². The molecular weight excluding hydrogens is 204 g/mol. The van der Waals surface area contributed by atoms with E-state index in [1.165, 1.54) is 5.56 Å². The Morgan fingerprint density at radius 1 is 1.44 bits per heavy atom. The van der Waals surface area contributed by atoms with Gasteiger partial charge < -0.3 is 11.1 Å². The first kappa shape index (κ1) is 10.7. The predicted molar refractivity (Wildman–Crippen MR) is 60.8 cm³/mol. The summed E-state index contributed by atoms with van der Waals surface area (Å²) < 4.78 is 0. The summed E-state index contributed by atoms with van der Waals surface area (Å²) >= 11 is 0. The van der Waals surface area contributed by atoms with Crippen LogP contribution in [-0.4, -0.2) is 12.3 Å². The van der Waals surface area contributed by atoms with Gasteiger partial charge in [-0.15, -0.1) is 0 Å². The Kier molecular flexibility index (Phi) is 2.90. The number of hydrogen-bond acceptors (Lipinski definition) is 2. The van der Waals surface area contributed by atoms with Crippen molar-refractivity contribution < 1.29 is 9.59 Å². The van der Waals surface area contributed by atoms with Gasteiger partial charge in [-0.05, 0) is 42.5 Å². The van der Waals surface area contributed by atoms with E-state index in [9.17, 15) is 9.59 Å². The molecule has 2 rings (SSSR count). The molecule has 1 aliphatic rings. The average Bonchev–Trinajstić information content (AvgIpc) is 2.28. The van der Waals surface area contributed by atoms with Gasteiger partial charge in [0.1, 0.15) is 0 Å². The Bertz CT molecular complexity index is 429. The zero-order valence-electron chi connectivity index (χ0n) is 8.90. The lowest BCUT2D eigenvalue weighted by atomic mass is 9.83. The molecular formula is C12H14N2O2. The standard InChI is InChI=1S/C12H14N2O2/c13-12(16)10-2-1-9-6-11(14-7-15)4-3-8(9)5-10/h3-4,6-7,10H,1-2,5H2,(H2,13,16)(H,14,15). The van der Waals surface area contributed by atoms with Crippen molar-refractivity contribution in [3.8, 4) is 0 Å². The normalized spacial score (nSPS) is 18.6. The summed E-state index contributed by atoms with van der Waals surface area (Å²) in [5.41, 5.74) is 8.46. The van der Waals surface area contributed by atoms with Crippen molar-refractivity contribution in [2.24, 2.45) is 11.7 Å². The van der Waals surface area contributed by atoms with Crippen LogP contribution in [0.25, 0.3) is 0 Å². The van der Waals surface area contributed by atoms with E-state index in [0.29, 0.717) is 12.8 Å². The summed E-state index contributed by atoms with van der Waals surface area (Å²) in [7, 11) is 0. The fraction of sp³-hybridized carbons (Fsp3) is 0.333. The number of fused-ring (bicyclic) bond motifs is 1. The van der Waals surface area contributed by atoms with Crippen LogP contribution in [0.3, 0.4) is 0 Å². The maximum Gasteiger partial charge on any atom is 0.220 e. The van der Waals surface area contributed by atoms with Crippen LogP contribution in [-0.2, 0) is 22.4 Å². The SMILES string of the molecule is NC(=O)C1CCc2cc(NC=O)ccc2C1. The number of aryl methyl sites for hydroxylation is 1. The Morgan fingerprint density at radius 3 is 2.94 bits per heavy atom. The highest BCUT2D eigenvalue weighted by molar-refractivity contribution is 5.77. The van der Waals surface area contributed by atoms with Crippen molar-refractivity contribution >= 4 is 18.0 Å². The first-order valence-corrected chi connectivity index (χ1v) is 5.32. The van der Waals surface area contributed by atoms with Gasteiger partial charge in [0.25, 0.3) is 0 Å². The smallest absolute Gasteiger partial charge is 0.220 e. The number of carbonyl (C=O) groups excluding carboxylic acids is 2. The lowest BCUT2D eigenvalue weighted by molar-refractivity contribution is -0.122. The Labute approximate surface area is 93.8 Å². The highest BCUT2D eigenvalue weighted by Gasteiger charge is 2.22. The van der Waals surface area contributed by atoms with Gasteiger partial charge in [-0.1, -0.05) is 6.07 Å². The molecule has 4 nitrogen and oxygen atoms in total. The van der Waals surface area contributed by atoms with Crippen LogP contribution in [0.1, 0.15) is 17.5 Å². The highest BCUT2D eigenvalue weighted by atomic mass is 16.1. The topological polar surface area (TPSA) is 72.2 Å².